The average Bonchev–Trinajstić information content (AvgIpc) is 2.89. The van der Waals surface area contributed by atoms with Gasteiger partial charge in [-0.2, -0.15) is 5.10 Å². The topological polar surface area (TPSA) is 58.9 Å². The lowest BCUT2D eigenvalue weighted by Crippen LogP contribution is -2.42. The number of benzene rings is 1. The fourth-order valence-electron chi connectivity index (χ4n) is 3.10. The number of nitrogens with one attached hydrogen (secondary N) is 1. The van der Waals surface area contributed by atoms with Gasteiger partial charge in [0.05, 0.1) is 26.0 Å². The minimum Gasteiger partial charge on any atom is -0.379 e. The molecule has 1 aliphatic rings. The van der Waals surface area contributed by atoms with Gasteiger partial charge in [0.2, 0.25) is 0 Å². The zero-order chi connectivity index (χ0) is 18.5. The second kappa shape index (κ2) is 8.49. The van der Waals surface area contributed by atoms with Crippen molar-refractivity contribution in [2.75, 3.05) is 32.8 Å². The molecule has 0 atom stereocenters. The van der Waals surface area contributed by atoms with E-state index in [1.165, 1.54) is 0 Å². The molecule has 2 heterocycles. The van der Waals surface area contributed by atoms with Crippen LogP contribution in [-0.4, -0.2) is 54.4 Å². The van der Waals surface area contributed by atoms with E-state index in [1.54, 1.807) is 6.21 Å². The third-order valence-electron chi connectivity index (χ3n) is 4.40. The number of aromatic nitrogens is 1. The lowest BCUT2D eigenvalue weighted by molar-refractivity contribution is -0.123. The van der Waals surface area contributed by atoms with E-state index >= 15 is 0 Å². The van der Waals surface area contributed by atoms with Gasteiger partial charge in [0.15, 0.2) is 0 Å². The molecule has 0 aliphatic carbocycles. The molecular weight excluding hydrogens is 352 g/mol. The van der Waals surface area contributed by atoms with Crippen LogP contribution in [0.5, 0.6) is 0 Å². The van der Waals surface area contributed by atoms with Gasteiger partial charge in [-0.25, -0.2) is 5.43 Å². The predicted molar refractivity (Wildman–Crippen MR) is 103 cm³/mol. The first-order valence-electron chi connectivity index (χ1n) is 8.61. The first-order valence-corrected chi connectivity index (χ1v) is 8.99. The van der Waals surface area contributed by atoms with Gasteiger partial charge < -0.3 is 9.30 Å². The summed E-state index contributed by atoms with van der Waals surface area (Å²) in [7, 11) is 0. The van der Waals surface area contributed by atoms with Gasteiger partial charge in [-0.15, -0.1) is 0 Å². The normalized spacial score (nSPS) is 15.5. The number of nitrogens with zero attached hydrogens (tertiary/aromatic N) is 3. The number of hydrazone groups is 1. The molecule has 1 saturated heterocycles. The molecule has 138 valence electrons. The molecule has 2 aromatic rings. The maximum Gasteiger partial charge on any atom is 0.254 e. The highest BCUT2D eigenvalue weighted by Gasteiger charge is 2.14. The number of halogens is 1. The van der Waals surface area contributed by atoms with E-state index in [2.05, 4.69) is 20.0 Å². The summed E-state index contributed by atoms with van der Waals surface area (Å²) in [6, 6.07) is 9.75. The van der Waals surface area contributed by atoms with E-state index < -0.39 is 0 Å². The van der Waals surface area contributed by atoms with Crippen LogP contribution in [0.1, 0.15) is 17.0 Å². The monoisotopic (exact) mass is 374 g/mol. The van der Waals surface area contributed by atoms with Crippen molar-refractivity contribution in [2.24, 2.45) is 5.10 Å². The minimum atomic E-state index is -0.119. The Balaban J connectivity index is 1.65. The smallest absolute Gasteiger partial charge is 0.254 e. The number of carbonyl (C=O) groups excluding carboxylic acids is 1. The van der Waals surface area contributed by atoms with Gasteiger partial charge in [-0.1, -0.05) is 17.7 Å². The summed E-state index contributed by atoms with van der Waals surface area (Å²) >= 11 is 6.11. The second-order valence-corrected chi connectivity index (χ2v) is 6.76. The molecule has 6 nitrogen and oxygen atoms in total. The molecule has 1 aromatic carbocycles. The number of hydrogen-bond donors (Lipinski definition) is 1. The van der Waals surface area contributed by atoms with Crippen molar-refractivity contribution in [1.29, 1.82) is 0 Å². The zero-order valence-corrected chi connectivity index (χ0v) is 15.8. The number of rotatable bonds is 5. The van der Waals surface area contributed by atoms with Crippen LogP contribution in [0.4, 0.5) is 0 Å². The fourth-order valence-corrected chi connectivity index (χ4v) is 3.29. The number of amides is 1. The van der Waals surface area contributed by atoms with Crippen LogP contribution in [0.25, 0.3) is 5.69 Å². The Morgan fingerprint density at radius 2 is 2.08 bits per heavy atom. The highest BCUT2D eigenvalue weighted by molar-refractivity contribution is 6.30. The molecule has 1 amide bonds. The lowest BCUT2D eigenvalue weighted by atomic mass is 10.2. The number of carbonyl (C=O) groups is 1. The largest absolute Gasteiger partial charge is 0.379 e. The quantitative estimate of drug-likeness (QED) is 0.646. The Morgan fingerprint density at radius 3 is 2.81 bits per heavy atom. The van der Waals surface area contributed by atoms with Crippen molar-refractivity contribution in [1.82, 2.24) is 14.9 Å². The van der Waals surface area contributed by atoms with Crippen LogP contribution in [0, 0.1) is 13.8 Å². The molecule has 1 N–H and O–H groups in total. The summed E-state index contributed by atoms with van der Waals surface area (Å²) in [6.45, 7) is 7.28. The van der Waals surface area contributed by atoms with E-state index in [-0.39, 0.29) is 5.91 Å². The van der Waals surface area contributed by atoms with E-state index in [4.69, 9.17) is 16.3 Å². The molecule has 26 heavy (non-hydrogen) atoms. The van der Waals surface area contributed by atoms with Gasteiger partial charge in [0.25, 0.3) is 5.91 Å². The van der Waals surface area contributed by atoms with Gasteiger partial charge in [0.1, 0.15) is 0 Å². The van der Waals surface area contributed by atoms with E-state index in [0.717, 1.165) is 35.7 Å². The van der Waals surface area contributed by atoms with Crippen molar-refractivity contribution < 1.29 is 9.53 Å². The average molecular weight is 375 g/mol. The molecular formula is C19H23ClN4O2. The first-order chi connectivity index (χ1) is 12.5. The Hall–Kier alpha value is -2.15. The standard InChI is InChI=1S/C19H23ClN4O2/c1-14-10-16(15(2)24(14)18-5-3-4-17(20)11-18)12-21-22-19(25)13-23-6-8-26-9-7-23/h3-5,10-12H,6-9,13H2,1-2H3,(H,22,25)/b21-12-. The second-order valence-electron chi connectivity index (χ2n) is 6.32. The summed E-state index contributed by atoms with van der Waals surface area (Å²) in [5.41, 5.74) is 6.67. The summed E-state index contributed by atoms with van der Waals surface area (Å²) < 4.78 is 7.39. The maximum atomic E-state index is 12.0. The van der Waals surface area contributed by atoms with Crippen molar-refractivity contribution >= 4 is 23.7 Å². The van der Waals surface area contributed by atoms with Crippen LogP contribution < -0.4 is 5.43 Å². The number of morpholine rings is 1. The fraction of sp³-hybridized carbons (Fsp3) is 0.368. The Kier molecular flexibility index (Phi) is 6.08. The van der Waals surface area contributed by atoms with Crippen molar-refractivity contribution in [3.05, 3.63) is 52.3 Å². The number of hydrogen-bond acceptors (Lipinski definition) is 4. The first kappa shape index (κ1) is 18.6. The lowest BCUT2D eigenvalue weighted by Gasteiger charge is -2.25. The highest BCUT2D eigenvalue weighted by atomic mass is 35.5. The van der Waals surface area contributed by atoms with E-state index in [1.807, 2.05) is 44.2 Å². The third-order valence-corrected chi connectivity index (χ3v) is 4.64. The molecule has 1 aliphatic heterocycles. The van der Waals surface area contributed by atoms with E-state index in [9.17, 15) is 4.79 Å². The SMILES string of the molecule is Cc1cc(/C=N\NC(=O)CN2CCOCC2)c(C)n1-c1cccc(Cl)c1. The molecule has 1 aromatic heterocycles. The van der Waals surface area contributed by atoms with Crippen LogP contribution in [0.3, 0.4) is 0 Å². The van der Waals surface area contributed by atoms with Gasteiger partial charge in [-0.05, 0) is 38.1 Å². The summed E-state index contributed by atoms with van der Waals surface area (Å²) in [5, 5.41) is 4.81. The summed E-state index contributed by atoms with van der Waals surface area (Å²) in [4.78, 5) is 14.0. The van der Waals surface area contributed by atoms with Crippen LogP contribution >= 0.6 is 11.6 Å². The number of ether oxygens (including phenoxy) is 1. The van der Waals surface area contributed by atoms with Gasteiger partial charge in [-0.3, -0.25) is 9.69 Å². The molecule has 0 radical (unpaired) electrons. The number of aryl methyl sites for hydroxylation is 1. The molecule has 0 unspecified atom stereocenters. The van der Waals surface area contributed by atoms with Crippen molar-refractivity contribution in [3.8, 4) is 5.69 Å². The molecule has 0 spiro atoms. The van der Waals surface area contributed by atoms with E-state index in [0.29, 0.717) is 24.8 Å². The highest BCUT2D eigenvalue weighted by Crippen LogP contribution is 2.22. The Bertz CT molecular complexity index is 810. The van der Waals surface area contributed by atoms with Gasteiger partial charge in [0, 0.05) is 40.8 Å². The third kappa shape index (κ3) is 4.52. The minimum absolute atomic E-state index is 0.119. The molecule has 3 rings (SSSR count). The molecule has 7 heteroatoms. The maximum absolute atomic E-state index is 12.0. The zero-order valence-electron chi connectivity index (χ0n) is 15.0. The van der Waals surface area contributed by atoms with Crippen LogP contribution in [-0.2, 0) is 9.53 Å². The molecule has 0 bridgehead atoms. The predicted octanol–water partition coefficient (Wildman–Crippen LogP) is 2.53. The summed E-state index contributed by atoms with van der Waals surface area (Å²) in [6.07, 6.45) is 1.68. The molecule has 1 fully saturated rings. The Labute approximate surface area is 158 Å². The van der Waals surface area contributed by atoms with Crippen LogP contribution in [0.2, 0.25) is 5.02 Å². The van der Waals surface area contributed by atoms with Crippen LogP contribution in [0.15, 0.2) is 35.4 Å². The summed E-state index contributed by atoms with van der Waals surface area (Å²) in [5.74, 6) is -0.119. The Morgan fingerprint density at radius 1 is 1.31 bits per heavy atom. The molecule has 0 saturated carbocycles. The van der Waals surface area contributed by atoms with Crippen molar-refractivity contribution in [3.63, 3.8) is 0 Å². The van der Waals surface area contributed by atoms with Gasteiger partial charge >= 0.3 is 0 Å². The van der Waals surface area contributed by atoms with Crippen molar-refractivity contribution in [2.45, 2.75) is 13.8 Å².